The Kier molecular flexibility index (Phi) is 7.50. The molecule has 0 aliphatic heterocycles. The summed E-state index contributed by atoms with van der Waals surface area (Å²) >= 11 is 0. The van der Waals surface area contributed by atoms with Gasteiger partial charge in [-0.05, 0) is 18.8 Å². The zero-order valence-electron chi connectivity index (χ0n) is 11.2. The maximum atomic E-state index is 11.7. The molecule has 0 spiro atoms. The lowest BCUT2D eigenvalue weighted by Gasteiger charge is -2.19. The van der Waals surface area contributed by atoms with Crippen molar-refractivity contribution in [3.05, 3.63) is 0 Å². The Morgan fingerprint density at radius 2 is 1.84 bits per heavy atom. The number of nitrogens with two attached hydrogens (primary N) is 2. The van der Waals surface area contributed by atoms with E-state index in [0.717, 1.165) is 0 Å². The second-order valence-corrected chi connectivity index (χ2v) is 4.60. The van der Waals surface area contributed by atoms with Crippen molar-refractivity contribution in [3.8, 4) is 0 Å². The zero-order chi connectivity index (χ0) is 15.0. The van der Waals surface area contributed by atoms with Crippen molar-refractivity contribution in [2.24, 2.45) is 17.4 Å². The number of carbonyl (C=O) groups excluding carboxylic acids is 2. The predicted octanol–water partition coefficient (Wildman–Crippen LogP) is -1.01. The summed E-state index contributed by atoms with van der Waals surface area (Å²) in [5.41, 5.74) is 10.5. The maximum absolute atomic E-state index is 11.7. The standard InChI is InChI=1S/C11H22N4O4/c1-6(2)8(12)9(16)15-7(10(17)18)4-3-5-14-11(13)19/h6-8H,3-5,12H2,1-2H3,(H,15,16)(H,17,18)(H3,13,14,19)/t7-,8+/m0/s1. The van der Waals surface area contributed by atoms with Gasteiger partial charge in [0.2, 0.25) is 5.91 Å². The first kappa shape index (κ1) is 17.2. The van der Waals surface area contributed by atoms with Gasteiger partial charge in [-0.1, -0.05) is 13.8 Å². The minimum Gasteiger partial charge on any atom is -0.480 e. The third kappa shape index (κ3) is 7.24. The molecule has 0 saturated carbocycles. The number of rotatable bonds is 8. The summed E-state index contributed by atoms with van der Waals surface area (Å²) in [5.74, 6) is -1.71. The summed E-state index contributed by atoms with van der Waals surface area (Å²) in [6, 6.07) is -2.43. The van der Waals surface area contributed by atoms with Crippen molar-refractivity contribution < 1.29 is 19.5 Å². The molecule has 8 nitrogen and oxygen atoms in total. The third-order valence-electron chi connectivity index (χ3n) is 2.60. The van der Waals surface area contributed by atoms with Gasteiger partial charge >= 0.3 is 12.0 Å². The average molecular weight is 274 g/mol. The van der Waals surface area contributed by atoms with Gasteiger partial charge in [0.1, 0.15) is 6.04 Å². The van der Waals surface area contributed by atoms with Crippen LogP contribution in [-0.2, 0) is 9.59 Å². The third-order valence-corrected chi connectivity index (χ3v) is 2.60. The number of carboxylic acid groups (broad SMARTS) is 1. The van der Waals surface area contributed by atoms with E-state index in [1.165, 1.54) is 0 Å². The van der Waals surface area contributed by atoms with Crippen molar-refractivity contribution in [3.63, 3.8) is 0 Å². The number of carboxylic acids is 1. The molecule has 0 aliphatic rings. The first-order valence-corrected chi connectivity index (χ1v) is 6.07. The van der Waals surface area contributed by atoms with Crippen LogP contribution in [0.15, 0.2) is 0 Å². The van der Waals surface area contributed by atoms with Crippen molar-refractivity contribution in [2.75, 3.05) is 6.54 Å². The van der Waals surface area contributed by atoms with Crippen LogP contribution in [0.2, 0.25) is 0 Å². The number of primary amides is 1. The topological polar surface area (TPSA) is 148 Å². The second kappa shape index (κ2) is 8.30. The summed E-state index contributed by atoms with van der Waals surface area (Å²) in [4.78, 5) is 33.1. The fourth-order valence-corrected chi connectivity index (χ4v) is 1.35. The molecular weight excluding hydrogens is 252 g/mol. The SMILES string of the molecule is CC(C)[C@@H](N)C(=O)N[C@@H](CCCNC(N)=O)C(=O)O. The number of carbonyl (C=O) groups is 3. The van der Waals surface area contributed by atoms with Crippen LogP contribution < -0.4 is 22.1 Å². The normalized spacial score (nSPS) is 13.7. The smallest absolute Gasteiger partial charge is 0.326 e. The van der Waals surface area contributed by atoms with Gasteiger partial charge in [0.05, 0.1) is 6.04 Å². The molecule has 0 rings (SSSR count). The van der Waals surface area contributed by atoms with Crippen molar-refractivity contribution >= 4 is 17.9 Å². The van der Waals surface area contributed by atoms with Crippen LogP contribution in [0, 0.1) is 5.92 Å². The molecule has 2 atom stereocenters. The van der Waals surface area contributed by atoms with Crippen LogP contribution in [0.4, 0.5) is 4.79 Å². The molecule has 0 aliphatic carbocycles. The highest BCUT2D eigenvalue weighted by Gasteiger charge is 2.24. The molecule has 0 fully saturated rings. The van der Waals surface area contributed by atoms with Crippen LogP contribution in [0.5, 0.6) is 0 Å². The van der Waals surface area contributed by atoms with Crippen LogP contribution in [0.25, 0.3) is 0 Å². The molecule has 0 radical (unpaired) electrons. The van der Waals surface area contributed by atoms with E-state index in [4.69, 9.17) is 16.6 Å². The van der Waals surface area contributed by atoms with Gasteiger partial charge in [-0.25, -0.2) is 9.59 Å². The van der Waals surface area contributed by atoms with Crippen molar-refractivity contribution in [1.82, 2.24) is 10.6 Å². The molecular formula is C11H22N4O4. The highest BCUT2D eigenvalue weighted by molar-refractivity contribution is 5.86. The molecule has 0 aromatic carbocycles. The van der Waals surface area contributed by atoms with Crippen LogP contribution >= 0.6 is 0 Å². The molecule has 110 valence electrons. The van der Waals surface area contributed by atoms with E-state index in [1.54, 1.807) is 13.8 Å². The molecule has 0 bridgehead atoms. The van der Waals surface area contributed by atoms with E-state index >= 15 is 0 Å². The van der Waals surface area contributed by atoms with Crippen LogP contribution in [0.3, 0.4) is 0 Å². The van der Waals surface area contributed by atoms with E-state index < -0.39 is 30.0 Å². The predicted molar refractivity (Wildman–Crippen MR) is 69.2 cm³/mol. The van der Waals surface area contributed by atoms with Crippen molar-refractivity contribution in [2.45, 2.75) is 38.8 Å². The number of hydrogen-bond donors (Lipinski definition) is 5. The van der Waals surface area contributed by atoms with Crippen molar-refractivity contribution in [1.29, 1.82) is 0 Å². The van der Waals surface area contributed by atoms with Gasteiger partial charge in [-0.2, -0.15) is 0 Å². The first-order chi connectivity index (χ1) is 8.75. The van der Waals surface area contributed by atoms with Gasteiger partial charge in [-0.15, -0.1) is 0 Å². The van der Waals surface area contributed by atoms with Gasteiger partial charge in [0, 0.05) is 6.54 Å². The van der Waals surface area contributed by atoms with E-state index in [2.05, 4.69) is 10.6 Å². The molecule has 0 unspecified atom stereocenters. The number of nitrogens with one attached hydrogen (secondary N) is 2. The second-order valence-electron chi connectivity index (χ2n) is 4.60. The molecule has 0 heterocycles. The van der Waals surface area contributed by atoms with Crippen LogP contribution in [0.1, 0.15) is 26.7 Å². The maximum Gasteiger partial charge on any atom is 0.326 e. The number of hydrogen-bond acceptors (Lipinski definition) is 4. The fraction of sp³-hybridized carbons (Fsp3) is 0.727. The molecule has 0 saturated heterocycles. The van der Waals surface area contributed by atoms with Gasteiger partial charge in [-0.3, -0.25) is 4.79 Å². The molecule has 19 heavy (non-hydrogen) atoms. The Balaban J connectivity index is 4.23. The molecule has 3 amide bonds. The summed E-state index contributed by atoms with van der Waals surface area (Å²) in [6.07, 6.45) is 0.573. The summed E-state index contributed by atoms with van der Waals surface area (Å²) < 4.78 is 0. The lowest BCUT2D eigenvalue weighted by molar-refractivity contribution is -0.142. The molecule has 8 heteroatoms. The van der Waals surface area contributed by atoms with E-state index in [-0.39, 0.29) is 18.9 Å². The Labute approximate surface area is 111 Å². The zero-order valence-corrected chi connectivity index (χ0v) is 11.2. The number of aliphatic carboxylic acids is 1. The lowest BCUT2D eigenvalue weighted by Crippen LogP contribution is -2.50. The Hall–Kier alpha value is -1.83. The Bertz CT molecular complexity index is 333. The summed E-state index contributed by atoms with van der Waals surface area (Å²) in [6.45, 7) is 3.80. The van der Waals surface area contributed by atoms with E-state index in [9.17, 15) is 14.4 Å². The minimum atomic E-state index is -1.14. The van der Waals surface area contributed by atoms with E-state index in [1.807, 2.05) is 0 Å². The lowest BCUT2D eigenvalue weighted by atomic mass is 10.0. The molecule has 7 N–H and O–H groups in total. The monoisotopic (exact) mass is 274 g/mol. The van der Waals surface area contributed by atoms with Gasteiger partial charge in [0.25, 0.3) is 0 Å². The Morgan fingerprint density at radius 3 is 2.26 bits per heavy atom. The first-order valence-electron chi connectivity index (χ1n) is 6.07. The average Bonchev–Trinajstić information content (AvgIpc) is 2.30. The fourth-order valence-electron chi connectivity index (χ4n) is 1.35. The largest absolute Gasteiger partial charge is 0.480 e. The highest BCUT2D eigenvalue weighted by atomic mass is 16.4. The molecule has 0 aromatic heterocycles. The summed E-state index contributed by atoms with van der Waals surface area (Å²) in [7, 11) is 0. The van der Waals surface area contributed by atoms with Crippen LogP contribution in [-0.4, -0.2) is 41.6 Å². The van der Waals surface area contributed by atoms with Gasteiger partial charge < -0.3 is 27.2 Å². The number of urea groups is 1. The van der Waals surface area contributed by atoms with Gasteiger partial charge in [0.15, 0.2) is 0 Å². The highest BCUT2D eigenvalue weighted by Crippen LogP contribution is 2.02. The molecule has 0 aromatic rings. The van der Waals surface area contributed by atoms with E-state index in [0.29, 0.717) is 6.42 Å². The Morgan fingerprint density at radius 1 is 1.26 bits per heavy atom. The summed E-state index contributed by atoms with van der Waals surface area (Å²) in [5, 5.41) is 13.7. The minimum absolute atomic E-state index is 0.0778. The number of amides is 3. The quantitative estimate of drug-likeness (QED) is 0.360.